The first kappa shape index (κ1) is 19.5. The van der Waals surface area contributed by atoms with E-state index in [9.17, 15) is 12.8 Å². The molecule has 0 unspecified atom stereocenters. The normalized spacial score (nSPS) is 15.6. The van der Waals surface area contributed by atoms with Gasteiger partial charge in [-0.1, -0.05) is 12.1 Å². The number of nitrogens with zero attached hydrogens (tertiary/aromatic N) is 6. The summed E-state index contributed by atoms with van der Waals surface area (Å²) in [4.78, 5) is 10.6. The second kappa shape index (κ2) is 7.88. The van der Waals surface area contributed by atoms with E-state index in [1.807, 2.05) is 30.2 Å². The molecule has 8 nitrogen and oxygen atoms in total. The van der Waals surface area contributed by atoms with Crippen LogP contribution in [0.3, 0.4) is 0 Å². The zero-order valence-corrected chi connectivity index (χ0v) is 16.8. The lowest BCUT2D eigenvalue weighted by molar-refractivity contribution is 0.383. The Hall–Kier alpha value is -2.85. The minimum Gasteiger partial charge on any atom is -0.354 e. The fourth-order valence-corrected chi connectivity index (χ4v) is 4.77. The van der Waals surface area contributed by atoms with Gasteiger partial charge in [-0.3, -0.25) is 0 Å². The van der Waals surface area contributed by atoms with E-state index in [4.69, 9.17) is 0 Å². The summed E-state index contributed by atoms with van der Waals surface area (Å²) in [6.45, 7) is 3.69. The van der Waals surface area contributed by atoms with Crippen molar-refractivity contribution in [3.05, 3.63) is 66.0 Å². The molecule has 1 aromatic carbocycles. The highest BCUT2D eigenvalue weighted by atomic mass is 32.2. The monoisotopic (exact) mass is 416 g/mol. The third-order valence-corrected chi connectivity index (χ3v) is 6.66. The summed E-state index contributed by atoms with van der Waals surface area (Å²) >= 11 is 0. The zero-order chi connectivity index (χ0) is 20.4. The second-order valence-electron chi connectivity index (χ2n) is 6.90. The Bertz CT molecular complexity index is 1090. The van der Waals surface area contributed by atoms with Crippen LogP contribution < -0.4 is 4.90 Å². The van der Waals surface area contributed by atoms with Gasteiger partial charge in [-0.25, -0.2) is 27.5 Å². The Morgan fingerprint density at radius 2 is 1.69 bits per heavy atom. The fraction of sp³-hybridized carbons (Fsp3) is 0.316. The molecule has 4 rings (SSSR count). The zero-order valence-electron chi connectivity index (χ0n) is 15.9. The predicted molar refractivity (Wildman–Crippen MR) is 107 cm³/mol. The first-order chi connectivity index (χ1) is 13.9. The number of anilines is 1. The van der Waals surface area contributed by atoms with Gasteiger partial charge in [0, 0.05) is 38.4 Å². The maximum atomic E-state index is 13.0. The van der Waals surface area contributed by atoms with Crippen molar-refractivity contribution in [2.24, 2.45) is 0 Å². The first-order valence-electron chi connectivity index (χ1n) is 9.23. The van der Waals surface area contributed by atoms with Crippen molar-refractivity contribution in [2.45, 2.75) is 12.7 Å². The third-order valence-electron chi connectivity index (χ3n) is 4.81. The molecule has 1 aliphatic rings. The van der Waals surface area contributed by atoms with Crippen LogP contribution >= 0.6 is 0 Å². The molecule has 1 saturated heterocycles. The Balaban J connectivity index is 1.42. The number of aryl methyl sites for hydroxylation is 1. The van der Waals surface area contributed by atoms with Gasteiger partial charge in [0.1, 0.15) is 18.0 Å². The highest BCUT2D eigenvalue weighted by Gasteiger charge is 2.27. The summed E-state index contributed by atoms with van der Waals surface area (Å²) in [6, 6.07) is 9.29. The predicted octanol–water partition coefficient (Wildman–Crippen LogP) is 1.76. The van der Waals surface area contributed by atoms with Crippen LogP contribution in [0.4, 0.5) is 10.2 Å². The topological polar surface area (TPSA) is 84.2 Å². The first-order valence-corrected chi connectivity index (χ1v) is 10.8. The Morgan fingerprint density at radius 3 is 2.34 bits per heavy atom. The molecule has 0 amide bonds. The van der Waals surface area contributed by atoms with E-state index in [1.165, 1.54) is 34.9 Å². The number of halogens is 1. The van der Waals surface area contributed by atoms with E-state index in [1.54, 1.807) is 4.68 Å². The van der Waals surface area contributed by atoms with Crippen molar-refractivity contribution in [3.8, 4) is 5.82 Å². The maximum Gasteiger partial charge on any atom is 0.218 e. The second-order valence-corrected chi connectivity index (χ2v) is 8.87. The minimum absolute atomic E-state index is 0.135. The molecule has 152 valence electrons. The van der Waals surface area contributed by atoms with Crippen molar-refractivity contribution in [1.29, 1.82) is 0 Å². The van der Waals surface area contributed by atoms with Gasteiger partial charge in [-0.05, 0) is 30.7 Å². The van der Waals surface area contributed by atoms with Crippen LogP contribution in [0.15, 0.2) is 48.9 Å². The summed E-state index contributed by atoms with van der Waals surface area (Å²) in [5.41, 5.74) is 1.47. The van der Waals surface area contributed by atoms with Crippen LogP contribution in [0, 0.1) is 12.7 Å². The van der Waals surface area contributed by atoms with Gasteiger partial charge >= 0.3 is 0 Å². The number of sulfonamides is 1. The molecule has 1 aliphatic heterocycles. The number of hydrogen-bond acceptors (Lipinski definition) is 6. The molecule has 10 heteroatoms. The van der Waals surface area contributed by atoms with E-state index >= 15 is 0 Å². The van der Waals surface area contributed by atoms with Crippen molar-refractivity contribution in [2.75, 3.05) is 31.1 Å². The fourth-order valence-electron chi connectivity index (χ4n) is 3.26. The summed E-state index contributed by atoms with van der Waals surface area (Å²) < 4.78 is 41.6. The molecule has 0 spiro atoms. The lowest BCUT2D eigenvalue weighted by Crippen LogP contribution is -2.49. The van der Waals surface area contributed by atoms with E-state index in [-0.39, 0.29) is 11.6 Å². The third kappa shape index (κ3) is 4.43. The largest absolute Gasteiger partial charge is 0.354 e. The molecule has 0 radical (unpaired) electrons. The highest BCUT2D eigenvalue weighted by Crippen LogP contribution is 2.19. The molecule has 3 aromatic rings. The molecular formula is C19H21FN6O2S. The smallest absolute Gasteiger partial charge is 0.218 e. The molecule has 0 atom stereocenters. The van der Waals surface area contributed by atoms with Crippen LogP contribution in [0.25, 0.3) is 5.82 Å². The van der Waals surface area contributed by atoms with Crippen LogP contribution in [0.5, 0.6) is 0 Å². The molecule has 0 bridgehead atoms. The lowest BCUT2D eigenvalue weighted by atomic mass is 10.2. The molecule has 0 saturated carbocycles. The lowest BCUT2D eigenvalue weighted by Gasteiger charge is -2.34. The Morgan fingerprint density at radius 1 is 1.00 bits per heavy atom. The minimum atomic E-state index is -3.47. The molecular weight excluding hydrogens is 395 g/mol. The van der Waals surface area contributed by atoms with Crippen molar-refractivity contribution in [1.82, 2.24) is 24.1 Å². The Labute approximate surface area is 168 Å². The van der Waals surface area contributed by atoms with Crippen molar-refractivity contribution >= 4 is 15.8 Å². The van der Waals surface area contributed by atoms with Gasteiger partial charge in [0.2, 0.25) is 10.0 Å². The van der Waals surface area contributed by atoms with Crippen LogP contribution in [0.1, 0.15) is 11.3 Å². The van der Waals surface area contributed by atoms with Crippen LogP contribution in [-0.4, -0.2) is 58.7 Å². The number of rotatable bonds is 5. The van der Waals surface area contributed by atoms with Crippen LogP contribution in [0.2, 0.25) is 0 Å². The molecule has 2 aromatic heterocycles. The van der Waals surface area contributed by atoms with Gasteiger partial charge in [0.25, 0.3) is 0 Å². The van der Waals surface area contributed by atoms with Crippen molar-refractivity contribution in [3.63, 3.8) is 0 Å². The molecule has 3 heterocycles. The van der Waals surface area contributed by atoms with Gasteiger partial charge in [-0.15, -0.1) is 0 Å². The Kier molecular flexibility index (Phi) is 5.29. The quantitative estimate of drug-likeness (QED) is 0.630. The maximum absolute atomic E-state index is 13.0. The van der Waals surface area contributed by atoms with E-state index in [0.29, 0.717) is 37.6 Å². The number of aromatic nitrogens is 4. The number of benzene rings is 1. The average molecular weight is 416 g/mol. The van der Waals surface area contributed by atoms with Gasteiger partial charge in [0.05, 0.1) is 11.4 Å². The van der Waals surface area contributed by atoms with Crippen LogP contribution in [-0.2, 0) is 15.8 Å². The van der Waals surface area contributed by atoms with E-state index < -0.39 is 10.0 Å². The highest BCUT2D eigenvalue weighted by molar-refractivity contribution is 7.88. The summed E-state index contributed by atoms with van der Waals surface area (Å²) in [5, 5.41) is 4.35. The number of hydrogen-bond donors (Lipinski definition) is 0. The summed E-state index contributed by atoms with van der Waals surface area (Å²) in [5.74, 6) is 0.881. The van der Waals surface area contributed by atoms with Gasteiger partial charge in [-0.2, -0.15) is 9.40 Å². The summed E-state index contributed by atoms with van der Waals surface area (Å²) in [7, 11) is -3.47. The molecule has 29 heavy (non-hydrogen) atoms. The molecule has 1 fully saturated rings. The number of piperazine rings is 1. The van der Waals surface area contributed by atoms with Gasteiger partial charge in [0.15, 0.2) is 5.82 Å². The van der Waals surface area contributed by atoms with E-state index in [2.05, 4.69) is 15.1 Å². The van der Waals surface area contributed by atoms with E-state index in [0.717, 1.165) is 11.5 Å². The van der Waals surface area contributed by atoms with Crippen molar-refractivity contribution < 1.29 is 12.8 Å². The standard InChI is InChI=1S/C19H21FN6O2S/c1-15-6-7-26(23-15)19-12-18(21-14-22-19)24-8-10-25(11-9-24)29(27,28)13-16-2-4-17(20)5-3-16/h2-7,12,14H,8-11,13H2,1H3. The molecule has 0 aliphatic carbocycles. The van der Waals surface area contributed by atoms with Gasteiger partial charge < -0.3 is 4.90 Å². The SMILES string of the molecule is Cc1ccn(-c2cc(N3CCN(S(=O)(=O)Cc4ccc(F)cc4)CC3)ncn2)n1. The summed E-state index contributed by atoms with van der Waals surface area (Å²) in [6.07, 6.45) is 3.32. The average Bonchev–Trinajstić information content (AvgIpc) is 3.16. The molecule has 0 N–H and O–H groups in total.